The molecule has 0 spiro atoms. The molecule has 0 radical (unpaired) electrons. The first kappa shape index (κ1) is 17.8. The third kappa shape index (κ3) is 5.53. The van der Waals surface area contributed by atoms with Crippen LogP contribution in [0.5, 0.6) is 5.75 Å². The van der Waals surface area contributed by atoms with E-state index in [1.165, 1.54) is 18.3 Å². The molecule has 0 aliphatic heterocycles. The summed E-state index contributed by atoms with van der Waals surface area (Å²) in [6.07, 6.45) is 0.696. The Morgan fingerprint density at radius 3 is 2.70 bits per heavy atom. The van der Waals surface area contributed by atoms with Crippen molar-refractivity contribution in [3.8, 4) is 5.75 Å². The molecule has 23 heavy (non-hydrogen) atoms. The predicted molar refractivity (Wildman–Crippen MR) is 93.0 cm³/mol. The monoisotopic (exact) mass is 371 g/mol. The topological polar surface area (TPSA) is 55.4 Å². The van der Waals surface area contributed by atoms with Crippen molar-refractivity contribution in [3.05, 3.63) is 50.1 Å². The maximum absolute atomic E-state index is 12.1. The van der Waals surface area contributed by atoms with E-state index in [-0.39, 0.29) is 18.3 Å². The minimum atomic E-state index is -0.119. The second-order valence-corrected chi connectivity index (χ2v) is 6.80. The van der Waals surface area contributed by atoms with Crippen molar-refractivity contribution >= 4 is 46.2 Å². The quantitative estimate of drug-likeness (QED) is 0.748. The largest absolute Gasteiger partial charge is 0.484 e. The zero-order valence-electron chi connectivity index (χ0n) is 12.4. The Kier molecular flexibility index (Phi) is 6.45. The summed E-state index contributed by atoms with van der Waals surface area (Å²) in [4.78, 5) is 24.6. The van der Waals surface area contributed by atoms with E-state index in [0.717, 1.165) is 4.88 Å². The average Bonchev–Trinajstić information content (AvgIpc) is 2.94. The van der Waals surface area contributed by atoms with Crippen LogP contribution in [0, 0.1) is 0 Å². The molecule has 1 aromatic heterocycles. The second-order valence-electron chi connectivity index (χ2n) is 4.79. The Hall–Kier alpha value is -1.56. The predicted octanol–water partition coefficient (Wildman–Crippen LogP) is 4.00. The highest BCUT2D eigenvalue weighted by molar-refractivity contribution is 7.14. The third-order valence-corrected chi connectivity index (χ3v) is 4.65. The van der Waals surface area contributed by atoms with Gasteiger partial charge in [0.25, 0.3) is 0 Å². The van der Waals surface area contributed by atoms with Gasteiger partial charge in [0.15, 0.2) is 6.61 Å². The first-order valence-electron chi connectivity index (χ1n) is 6.90. The first-order chi connectivity index (χ1) is 11.0. The fourth-order valence-corrected chi connectivity index (χ4v) is 3.23. The maximum atomic E-state index is 12.1. The molecule has 2 rings (SSSR count). The van der Waals surface area contributed by atoms with Gasteiger partial charge in [0.2, 0.25) is 11.7 Å². The molecule has 0 saturated carbocycles. The molecule has 0 unspecified atom stereocenters. The van der Waals surface area contributed by atoms with Crippen molar-refractivity contribution in [1.29, 1.82) is 0 Å². The number of hydrogen-bond donors (Lipinski definition) is 1. The summed E-state index contributed by atoms with van der Waals surface area (Å²) in [5, 5.41) is 3.60. The van der Waals surface area contributed by atoms with Crippen LogP contribution in [0.25, 0.3) is 0 Å². The number of benzene rings is 1. The number of amides is 1. The highest BCUT2D eigenvalue weighted by Crippen LogP contribution is 2.27. The number of ether oxygens (including phenoxy) is 1. The molecule has 0 atom stereocenters. The fraction of sp³-hybridized carbons (Fsp3) is 0.250. The van der Waals surface area contributed by atoms with Gasteiger partial charge in [-0.15, -0.1) is 11.3 Å². The summed E-state index contributed by atoms with van der Waals surface area (Å²) in [5.74, 6) is 0.241. The van der Waals surface area contributed by atoms with E-state index in [1.54, 1.807) is 24.3 Å². The molecule has 1 amide bonds. The van der Waals surface area contributed by atoms with E-state index in [1.807, 2.05) is 6.07 Å². The van der Waals surface area contributed by atoms with Crippen LogP contribution in [0.1, 0.15) is 21.5 Å². The lowest BCUT2D eigenvalue weighted by molar-refractivity contribution is -0.118. The van der Waals surface area contributed by atoms with Gasteiger partial charge in [-0.3, -0.25) is 9.59 Å². The molecule has 1 N–H and O–H groups in total. The molecule has 1 heterocycles. The van der Waals surface area contributed by atoms with Crippen LogP contribution in [0.3, 0.4) is 0 Å². The molecule has 0 fully saturated rings. The average molecular weight is 372 g/mol. The number of hydrogen-bond acceptors (Lipinski definition) is 4. The number of carbonyl (C=O) groups is 2. The number of rotatable bonds is 7. The van der Waals surface area contributed by atoms with Gasteiger partial charge in [-0.1, -0.05) is 23.2 Å². The fourth-order valence-electron chi connectivity index (χ4n) is 1.83. The van der Waals surface area contributed by atoms with Gasteiger partial charge in [0.1, 0.15) is 5.75 Å². The first-order valence-corrected chi connectivity index (χ1v) is 8.47. The molecule has 0 aliphatic carbocycles. The number of thiophene rings is 1. The second kappa shape index (κ2) is 8.34. The van der Waals surface area contributed by atoms with Crippen molar-refractivity contribution in [2.75, 3.05) is 13.2 Å². The van der Waals surface area contributed by atoms with E-state index < -0.39 is 0 Å². The van der Waals surface area contributed by atoms with Crippen LogP contribution >= 0.6 is 34.5 Å². The molecule has 7 heteroatoms. The van der Waals surface area contributed by atoms with Crippen LogP contribution in [0.2, 0.25) is 10.0 Å². The Bertz CT molecular complexity index is 715. The van der Waals surface area contributed by atoms with Gasteiger partial charge < -0.3 is 10.1 Å². The molecular formula is C16H15Cl2NO3S. The maximum Gasteiger partial charge on any atom is 0.216 e. The third-order valence-electron chi connectivity index (χ3n) is 2.93. The van der Waals surface area contributed by atoms with Crippen molar-refractivity contribution < 1.29 is 14.3 Å². The molecule has 0 bridgehead atoms. The standard InChI is InChI=1S/C16H15Cl2NO3S/c1-10(20)19-7-6-12-3-5-16(23-12)14(21)9-22-15-4-2-11(17)8-13(15)18/h2-5,8H,6-7,9H2,1H3,(H,19,20). The van der Waals surface area contributed by atoms with Crippen LogP contribution in [0.4, 0.5) is 0 Å². The normalized spacial score (nSPS) is 10.4. The Morgan fingerprint density at radius 1 is 1.22 bits per heavy atom. The minimum Gasteiger partial charge on any atom is -0.484 e. The summed E-state index contributed by atoms with van der Waals surface area (Å²) in [7, 11) is 0. The molecular weight excluding hydrogens is 357 g/mol. The smallest absolute Gasteiger partial charge is 0.216 e. The molecule has 2 aromatic rings. The highest BCUT2D eigenvalue weighted by Gasteiger charge is 2.12. The summed E-state index contributed by atoms with van der Waals surface area (Å²) < 4.78 is 5.44. The van der Waals surface area contributed by atoms with E-state index in [9.17, 15) is 9.59 Å². The van der Waals surface area contributed by atoms with Crippen molar-refractivity contribution in [2.45, 2.75) is 13.3 Å². The lowest BCUT2D eigenvalue weighted by atomic mass is 10.3. The molecule has 4 nitrogen and oxygen atoms in total. The number of Topliss-reactive ketones (excluding diaryl/α,β-unsaturated/α-hetero) is 1. The van der Waals surface area contributed by atoms with Gasteiger partial charge in [-0.2, -0.15) is 0 Å². The van der Waals surface area contributed by atoms with Crippen molar-refractivity contribution in [2.24, 2.45) is 0 Å². The molecule has 122 valence electrons. The number of carbonyl (C=O) groups excluding carboxylic acids is 2. The number of nitrogens with one attached hydrogen (secondary N) is 1. The summed E-state index contributed by atoms with van der Waals surface area (Å²) >= 11 is 13.2. The van der Waals surface area contributed by atoms with Crippen LogP contribution in [-0.4, -0.2) is 24.8 Å². The van der Waals surface area contributed by atoms with Gasteiger partial charge in [0.05, 0.1) is 9.90 Å². The summed E-state index contributed by atoms with van der Waals surface area (Å²) in [5.41, 5.74) is 0. The summed E-state index contributed by atoms with van der Waals surface area (Å²) in [6, 6.07) is 8.50. The SMILES string of the molecule is CC(=O)NCCc1ccc(C(=O)COc2ccc(Cl)cc2Cl)s1. The van der Waals surface area contributed by atoms with Crippen LogP contribution in [-0.2, 0) is 11.2 Å². The zero-order chi connectivity index (χ0) is 16.8. The van der Waals surface area contributed by atoms with Crippen molar-refractivity contribution in [1.82, 2.24) is 5.32 Å². The number of halogens is 2. The van der Waals surface area contributed by atoms with Gasteiger partial charge in [0, 0.05) is 23.4 Å². The van der Waals surface area contributed by atoms with Crippen molar-refractivity contribution in [3.63, 3.8) is 0 Å². The van der Waals surface area contributed by atoms with E-state index in [0.29, 0.717) is 33.6 Å². The summed E-state index contributed by atoms with van der Waals surface area (Å²) in [6.45, 7) is 1.94. The van der Waals surface area contributed by atoms with E-state index in [4.69, 9.17) is 27.9 Å². The highest BCUT2D eigenvalue weighted by atomic mass is 35.5. The Balaban J connectivity index is 1.88. The minimum absolute atomic E-state index is 0.0638. The lowest BCUT2D eigenvalue weighted by Gasteiger charge is -2.06. The molecule has 0 aliphatic rings. The lowest BCUT2D eigenvalue weighted by Crippen LogP contribution is -2.22. The van der Waals surface area contributed by atoms with Crippen LogP contribution in [0.15, 0.2) is 30.3 Å². The molecule has 1 aromatic carbocycles. The van der Waals surface area contributed by atoms with Crippen LogP contribution < -0.4 is 10.1 Å². The van der Waals surface area contributed by atoms with Gasteiger partial charge in [-0.25, -0.2) is 0 Å². The van der Waals surface area contributed by atoms with E-state index in [2.05, 4.69) is 5.32 Å². The Morgan fingerprint density at radius 2 is 2.00 bits per heavy atom. The zero-order valence-corrected chi connectivity index (χ0v) is 14.7. The molecule has 0 saturated heterocycles. The van der Waals surface area contributed by atoms with Gasteiger partial charge in [-0.05, 0) is 36.8 Å². The number of ketones is 1. The van der Waals surface area contributed by atoms with E-state index >= 15 is 0 Å². The van der Waals surface area contributed by atoms with Gasteiger partial charge >= 0.3 is 0 Å². The Labute approximate surface area is 148 Å².